The number of nitrogens with one attached hydrogen (secondary N) is 2. The number of fused-ring (bicyclic) bond motifs is 1. The first kappa shape index (κ1) is 24.9. The van der Waals surface area contributed by atoms with E-state index in [9.17, 15) is 22.4 Å². The molecule has 0 atom stereocenters. The summed E-state index contributed by atoms with van der Waals surface area (Å²) >= 11 is 0. The molecule has 0 aliphatic heterocycles. The molecule has 0 spiro atoms. The first-order valence-electron chi connectivity index (χ1n) is 11.0. The van der Waals surface area contributed by atoms with Crippen LogP contribution in [0.2, 0.25) is 0 Å². The van der Waals surface area contributed by atoms with E-state index >= 15 is 0 Å². The normalized spacial score (nSPS) is 11.5. The highest BCUT2D eigenvalue weighted by Crippen LogP contribution is 2.30. The average molecular weight is 497 g/mol. The lowest BCUT2D eigenvalue weighted by atomic mass is 10.0. The number of aromatic nitrogens is 3. The molecule has 0 bridgehead atoms. The standard InChI is InChI=1S/C26H23F4N5O/c1-15-11-18(7-8-20(15)25(36)31-3)23-14-33-24-22(32-10-9-26(28,29)30)13-21(34-35(23)24)16(2)17-5-4-6-19(27)12-17/h4-8,11-14,32H,2,9-10H2,1,3H3,(H,31,36). The van der Waals surface area contributed by atoms with Crippen LogP contribution in [-0.4, -0.2) is 40.3 Å². The van der Waals surface area contributed by atoms with Gasteiger partial charge >= 0.3 is 6.18 Å². The minimum atomic E-state index is -4.32. The Hall–Kier alpha value is -4.21. The Balaban J connectivity index is 1.82. The van der Waals surface area contributed by atoms with Crippen molar-refractivity contribution in [2.45, 2.75) is 19.5 Å². The van der Waals surface area contributed by atoms with E-state index in [2.05, 4.69) is 27.3 Å². The number of carbonyl (C=O) groups excluding carboxylic acids is 1. The van der Waals surface area contributed by atoms with E-state index in [0.717, 1.165) is 5.56 Å². The van der Waals surface area contributed by atoms with Crippen molar-refractivity contribution in [1.82, 2.24) is 19.9 Å². The summed E-state index contributed by atoms with van der Waals surface area (Å²) in [6.07, 6.45) is -3.80. The van der Waals surface area contributed by atoms with Crippen LogP contribution in [0.25, 0.3) is 22.5 Å². The van der Waals surface area contributed by atoms with E-state index in [0.29, 0.717) is 45.0 Å². The van der Waals surface area contributed by atoms with Crippen molar-refractivity contribution in [2.24, 2.45) is 0 Å². The molecule has 0 radical (unpaired) electrons. The van der Waals surface area contributed by atoms with Gasteiger partial charge in [-0.2, -0.15) is 18.3 Å². The summed E-state index contributed by atoms with van der Waals surface area (Å²) in [6, 6.07) is 12.6. The van der Waals surface area contributed by atoms with Crippen molar-refractivity contribution in [3.05, 3.63) is 89.5 Å². The van der Waals surface area contributed by atoms with Crippen molar-refractivity contribution >= 4 is 22.8 Å². The fourth-order valence-corrected chi connectivity index (χ4v) is 3.82. The number of alkyl halides is 3. The number of benzene rings is 2. The molecule has 2 heterocycles. The van der Waals surface area contributed by atoms with Crippen LogP contribution in [0.5, 0.6) is 0 Å². The molecule has 1 amide bonds. The maximum atomic E-state index is 13.8. The van der Waals surface area contributed by atoms with Crippen LogP contribution in [0.4, 0.5) is 23.2 Å². The van der Waals surface area contributed by atoms with Crippen LogP contribution in [0.3, 0.4) is 0 Å². The van der Waals surface area contributed by atoms with Gasteiger partial charge in [-0.3, -0.25) is 4.79 Å². The van der Waals surface area contributed by atoms with Crippen molar-refractivity contribution < 1.29 is 22.4 Å². The van der Waals surface area contributed by atoms with E-state index in [4.69, 9.17) is 0 Å². The Morgan fingerprint density at radius 3 is 2.58 bits per heavy atom. The molecular weight excluding hydrogens is 474 g/mol. The number of amides is 1. The Morgan fingerprint density at radius 2 is 1.92 bits per heavy atom. The Bertz CT molecular complexity index is 1460. The predicted molar refractivity (Wildman–Crippen MR) is 130 cm³/mol. The molecule has 2 aromatic heterocycles. The summed E-state index contributed by atoms with van der Waals surface area (Å²) in [6.45, 7) is 5.46. The van der Waals surface area contributed by atoms with Gasteiger partial charge in [0.2, 0.25) is 0 Å². The zero-order valence-electron chi connectivity index (χ0n) is 19.6. The third-order valence-electron chi connectivity index (χ3n) is 5.67. The average Bonchev–Trinajstić information content (AvgIpc) is 3.26. The van der Waals surface area contributed by atoms with Crippen molar-refractivity contribution in [3.63, 3.8) is 0 Å². The molecule has 0 aliphatic carbocycles. The quantitative estimate of drug-likeness (QED) is 0.325. The third-order valence-corrected chi connectivity index (χ3v) is 5.67. The monoisotopic (exact) mass is 497 g/mol. The Labute approximate surface area is 204 Å². The van der Waals surface area contributed by atoms with Crippen molar-refractivity contribution in [3.8, 4) is 11.3 Å². The highest BCUT2D eigenvalue weighted by atomic mass is 19.4. The lowest BCUT2D eigenvalue weighted by Crippen LogP contribution is -2.18. The largest absolute Gasteiger partial charge is 0.390 e. The molecule has 4 rings (SSSR count). The molecule has 36 heavy (non-hydrogen) atoms. The number of halogens is 4. The minimum absolute atomic E-state index is 0.222. The van der Waals surface area contributed by atoms with Gasteiger partial charge in [-0.1, -0.05) is 24.8 Å². The molecule has 0 unspecified atom stereocenters. The van der Waals surface area contributed by atoms with Crippen molar-refractivity contribution in [2.75, 3.05) is 18.9 Å². The lowest BCUT2D eigenvalue weighted by molar-refractivity contribution is -0.131. The first-order chi connectivity index (χ1) is 17.1. The van der Waals surface area contributed by atoms with E-state index in [1.165, 1.54) is 22.7 Å². The molecule has 0 fully saturated rings. The predicted octanol–water partition coefficient (Wildman–Crippen LogP) is 5.63. The van der Waals surface area contributed by atoms with E-state index in [-0.39, 0.29) is 12.5 Å². The second-order valence-corrected chi connectivity index (χ2v) is 8.21. The van der Waals surface area contributed by atoms with E-state index in [1.807, 2.05) is 0 Å². The van der Waals surface area contributed by atoms with Gasteiger partial charge in [0.1, 0.15) is 5.82 Å². The topological polar surface area (TPSA) is 71.3 Å². The minimum Gasteiger partial charge on any atom is -0.382 e. The summed E-state index contributed by atoms with van der Waals surface area (Å²) in [5.74, 6) is -0.673. The number of hydrogen-bond acceptors (Lipinski definition) is 4. The molecular formula is C26H23F4N5O. The fraction of sp³-hybridized carbons (Fsp3) is 0.192. The molecule has 0 saturated heterocycles. The zero-order chi connectivity index (χ0) is 26.0. The van der Waals surface area contributed by atoms with E-state index in [1.54, 1.807) is 50.5 Å². The maximum Gasteiger partial charge on any atom is 0.390 e. The van der Waals surface area contributed by atoms with Gasteiger partial charge < -0.3 is 10.6 Å². The number of nitrogens with zero attached hydrogens (tertiary/aromatic N) is 3. The maximum absolute atomic E-state index is 13.8. The Morgan fingerprint density at radius 1 is 1.14 bits per heavy atom. The van der Waals surface area contributed by atoms with Gasteiger partial charge in [-0.15, -0.1) is 0 Å². The number of imidazole rings is 1. The Kier molecular flexibility index (Phi) is 6.78. The number of rotatable bonds is 7. The molecule has 0 aliphatic rings. The molecule has 4 aromatic rings. The van der Waals surface area contributed by atoms with Crippen LogP contribution in [0, 0.1) is 12.7 Å². The zero-order valence-corrected chi connectivity index (χ0v) is 19.6. The molecule has 2 N–H and O–H groups in total. The highest BCUT2D eigenvalue weighted by Gasteiger charge is 2.26. The number of carbonyl (C=O) groups is 1. The van der Waals surface area contributed by atoms with Crippen LogP contribution in [0.15, 0.2) is 61.3 Å². The van der Waals surface area contributed by atoms with Gasteiger partial charge in [0.25, 0.3) is 5.91 Å². The molecule has 10 heteroatoms. The number of anilines is 1. The van der Waals surface area contributed by atoms with Gasteiger partial charge in [0, 0.05) is 30.3 Å². The lowest BCUT2D eigenvalue weighted by Gasteiger charge is -2.14. The van der Waals surface area contributed by atoms with Crippen LogP contribution < -0.4 is 10.6 Å². The first-order valence-corrected chi connectivity index (χ1v) is 11.0. The molecule has 6 nitrogen and oxygen atoms in total. The highest BCUT2D eigenvalue weighted by molar-refractivity contribution is 5.96. The van der Waals surface area contributed by atoms with Crippen LogP contribution in [0.1, 0.15) is 33.6 Å². The van der Waals surface area contributed by atoms with Gasteiger partial charge in [-0.25, -0.2) is 13.9 Å². The van der Waals surface area contributed by atoms with Gasteiger partial charge in [0.05, 0.1) is 29.7 Å². The number of hydrogen-bond donors (Lipinski definition) is 2. The van der Waals surface area contributed by atoms with Gasteiger partial charge in [-0.05, 0) is 48.4 Å². The molecule has 186 valence electrons. The second-order valence-electron chi connectivity index (χ2n) is 8.21. The second kappa shape index (κ2) is 9.80. The van der Waals surface area contributed by atoms with Crippen LogP contribution >= 0.6 is 0 Å². The fourth-order valence-electron chi connectivity index (χ4n) is 3.82. The third kappa shape index (κ3) is 5.22. The summed E-state index contributed by atoms with van der Waals surface area (Å²) in [7, 11) is 1.55. The number of aryl methyl sites for hydroxylation is 1. The smallest absolute Gasteiger partial charge is 0.382 e. The van der Waals surface area contributed by atoms with E-state index < -0.39 is 18.4 Å². The molecule has 2 aromatic carbocycles. The summed E-state index contributed by atoms with van der Waals surface area (Å²) < 4.78 is 53.6. The van der Waals surface area contributed by atoms with Crippen molar-refractivity contribution in [1.29, 1.82) is 0 Å². The summed E-state index contributed by atoms with van der Waals surface area (Å²) in [5, 5.41) is 10.0. The SMILES string of the molecule is C=C(c1cccc(F)c1)c1cc(NCCC(F)(F)F)c2ncc(-c3ccc(C(=O)NC)c(C)c3)n2n1. The molecule has 0 saturated carbocycles. The van der Waals surface area contributed by atoms with Gasteiger partial charge in [0.15, 0.2) is 5.65 Å². The van der Waals surface area contributed by atoms with Crippen LogP contribution in [-0.2, 0) is 0 Å². The summed E-state index contributed by atoms with van der Waals surface area (Å²) in [4.78, 5) is 16.5. The summed E-state index contributed by atoms with van der Waals surface area (Å²) in [5.41, 5.74) is 4.35.